The van der Waals surface area contributed by atoms with E-state index in [2.05, 4.69) is 5.32 Å². The molecular formula is C15H16N2O5. The lowest BCUT2D eigenvalue weighted by Gasteiger charge is -2.26. The first-order valence-corrected chi connectivity index (χ1v) is 6.86. The Morgan fingerprint density at radius 1 is 1.50 bits per heavy atom. The standard InChI is InChI=1S/C15H16N2O5/c1-3-22-15(19)14-9(2)16-13(18)8-12(14)10-5-4-6-11(7-10)17(20)21/h4-7,12H,3,8H2,1-2H3,(H,16,18)/t12-/m0/s1. The Morgan fingerprint density at radius 3 is 2.86 bits per heavy atom. The van der Waals surface area contributed by atoms with Gasteiger partial charge in [-0.1, -0.05) is 12.1 Å². The summed E-state index contributed by atoms with van der Waals surface area (Å²) >= 11 is 0. The van der Waals surface area contributed by atoms with Crippen LogP contribution in [0.3, 0.4) is 0 Å². The molecule has 1 aromatic rings. The molecule has 0 aromatic heterocycles. The number of carbonyl (C=O) groups is 2. The number of nitro groups is 1. The molecule has 7 nitrogen and oxygen atoms in total. The molecule has 1 amide bonds. The predicted molar refractivity (Wildman–Crippen MR) is 77.9 cm³/mol. The normalized spacial score (nSPS) is 17.9. The minimum atomic E-state index is -0.548. The Labute approximate surface area is 127 Å². The third kappa shape index (κ3) is 3.13. The van der Waals surface area contributed by atoms with Gasteiger partial charge in [0.25, 0.3) is 5.69 Å². The van der Waals surface area contributed by atoms with Crippen LogP contribution in [-0.4, -0.2) is 23.4 Å². The fourth-order valence-electron chi connectivity index (χ4n) is 2.52. The summed E-state index contributed by atoms with van der Waals surface area (Å²) in [5.74, 6) is -1.30. The Morgan fingerprint density at radius 2 is 2.23 bits per heavy atom. The molecule has 1 aliphatic rings. The predicted octanol–water partition coefficient (Wildman–Crippen LogP) is 2.04. The molecule has 0 unspecified atom stereocenters. The van der Waals surface area contributed by atoms with Gasteiger partial charge < -0.3 is 10.1 Å². The van der Waals surface area contributed by atoms with Crippen molar-refractivity contribution in [2.75, 3.05) is 6.61 Å². The number of rotatable bonds is 4. The van der Waals surface area contributed by atoms with Crippen LogP contribution in [0.1, 0.15) is 31.7 Å². The van der Waals surface area contributed by atoms with Crippen LogP contribution in [0.4, 0.5) is 5.69 Å². The molecular weight excluding hydrogens is 288 g/mol. The molecule has 22 heavy (non-hydrogen) atoms. The second kappa shape index (κ2) is 6.38. The number of non-ortho nitro benzene ring substituents is 1. The summed E-state index contributed by atoms with van der Waals surface area (Å²) in [6.07, 6.45) is 0.0483. The number of nitrogens with zero attached hydrogens (tertiary/aromatic N) is 1. The maximum absolute atomic E-state index is 12.2. The quantitative estimate of drug-likeness (QED) is 0.521. The van der Waals surface area contributed by atoms with E-state index in [0.29, 0.717) is 16.8 Å². The summed E-state index contributed by atoms with van der Waals surface area (Å²) in [7, 11) is 0. The average Bonchev–Trinajstić information content (AvgIpc) is 2.46. The smallest absolute Gasteiger partial charge is 0.336 e. The maximum Gasteiger partial charge on any atom is 0.336 e. The van der Waals surface area contributed by atoms with Crippen molar-refractivity contribution in [2.45, 2.75) is 26.2 Å². The zero-order valence-electron chi connectivity index (χ0n) is 12.3. The van der Waals surface area contributed by atoms with Gasteiger partial charge in [-0.2, -0.15) is 0 Å². The zero-order valence-corrected chi connectivity index (χ0v) is 12.3. The molecule has 0 saturated heterocycles. The number of nitrogens with one attached hydrogen (secondary N) is 1. The van der Waals surface area contributed by atoms with E-state index in [1.807, 2.05) is 0 Å². The van der Waals surface area contributed by atoms with Gasteiger partial charge in [-0.3, -0.25) is 14.9 Å². The van der Waals surface area contributed by atoms with Crippen molar-refractivity contribution in [3.05, 3.63) is 51.2 Å². The van der Waals surface area contributed by atoms with Crippen molar-refractivity contribution in [3.8, 4) is 0 Å². The highest BCUT2D eigenvalue weighted by molar-refractivity contribution is 5.95. The molecule has 116 valence electrons. The van der Waals surface area contributed by atoms with Gasteiger partial charge in [0.1, 0.15) is 0 Å². The minimum Gasteiger partial charge on any atom is -0.463 e. The summed E-state index contributed by atoms with van der Waals surface area (Å²) < 4.78 is 5.03. The first kappa shape index (κ1) is 15.7. The first-order valence-electron chi connectivity index (χ1n) is 6.86. The van der Waals surface area contributed by atoms with Crippen LogP contribution < -0.4 is 5.32 Å². The molecule has 0 aliphatic carbocycles. The summed E-state index contributed by atoms with van der Waals surface area (Å²) in [6.45, 7) is 3.52. The molecule has 2 rings (SSSR count). The van der Waals surface area contributed by atoms with E-state index in [1.54, 1.807) is 19.9 Å². The molecule has 0 fully saturated rings. The fraction of sp³-hybridized carbons (Fsp3) is 0.333. The molecule has 1 N–H and O–H groups in total. The second-order valence-corrected chi connectivity index (χ2v) is 4.92. The number of amides is 1. The van der Waals surface area contributed by atoms with Crippen molar-refractivity contribution in [1.82, 2.24) is 5.32 Å². The van der Waals surface area contributed by atoms with Crippen molar-refractivity contribution < 1.29 is 19.2 Å². The number of hydrogen-bond acceptors (Lipinski definition) is 5. The Bertz CT molecular complexity index is 666. The van der Waals surface area contributed by atoms with Crippen molar-refractivity contribution in [1.29, 1.82) is 0 Å². The Hall–Kier alpha value is -2.70. The van der Waals surface area contributed by atoms with Crippen LogP contribution in [0.5, 0.6) is 0 Å². The van der Waals surface area contributed by atoms with Crippen LogP contribution in [0.15, 0.2) is 35.5 Å². The first-order chi connectivity index (χ1) is 10.4. The Balaban J connectivity index is 2.47. The molecule has 1 atom stereocenters. The summed E-state index contributed by atoms with van der Waals surface area (Å²) in [4.78, 5) is 34.3. The van der Waals surface area contributed by atoms with E-state index in [1.165, 1.54) is 18.2 Å². The molecule has 0 radical (unpaired) electrons. The van der Waals surface area contributed by atoms with Crippen molar-refractivity contribution in [3.63, 3.8) is 0 Å². The maximum atomic E-state index is 12.2. The second-order valence-electron chi connectivity index (χ2n) is 4.92. The number of carbonyl (C=O) groups excluding carboxylic acids is 2. The molecule has 0 bridgehead atoms. The molecule has 1 heterocycles. The van der Waals surface area contributed by atoms with Crippen LogP contribution in [0.2, 0.25) is 0 Å². The number of ether oxygens (including phenoxy) is 1. The van der Waals surface area contributed by atoms with E-state index < -0.39 is 16.8 Å². The fourth-order valence-corrected chi connectivity index (χ4v) is 2.52. The van der Waals surface area contributed by atoms with Gasteiger partial charge in [0.05, 0.1) is 17.1 Å². The highest BCUT2D eigenvalue weighted by Gasteiger charge is 2.33. The van der Waals surface area contributed by atoms with E-state index in [0.717, 1.165) is 0 Å². The van der Waals surface area contributed by atoms with Gasteiger partial charge in [-0.05, 0) is 19.4 Å². The number of benzene rings is 1. The molecule has 1 aromatic carbocycles. The lowest BCUT2D eigenvalue weighted by molar-refractivity contribution is -0.384. The third-order valence-corrected chi connectivity index (χ3v) is 3.45. The highest BCUT2D eigenvalue weighted by atomic mass is 16.6. The van der Waals surface area contributed by atoms with Gasteiger partial charge >= 0.3 is 5.97 Å². The number of nitro benzene ring substituents is 1. The van der Waals surface area contributed by atoms with Gasteiger partial charge in [0.15, 0.2) is 0 Å². The zero-order chi connectivity index (χ0) is 16.3. The monoisotopic (exact) mass is 304 g/mol. The Kier molecular flexibility index (Phi) is 4.55. The largest absolute Gasteiger partial charge is 0.463 e. The van der Waals surface area contributed by atoms with E-state index in [-0.39, 0.29) is 24.6 Å². The number of allylic oxidation sites excluding steroid dienone is 1. The van der Waals surface area contributed by atoms with Gasteiger partial charge in [-0.25, -0.2) is 4.79 Å². The lowest BCUT2D eigenvalue weighted by Crippen LogP contribution is -2.34. The van der Waals surface area contributed by atoms with E-state index in [9.17, 15) is 19.7 Å². The van der Waals surface area contributed by atoms with Crippen LogP contribution in [0, 0.1) is 10.1 Å². The lowest BCUT2D eigenvalue weighted by atomic mass is 9.84. The molecule has 7 heteroatoms. The molecule has 0 spiro atoms. The van der Waals surface area contributed by atoms with Crippen molar-refractivity contribution in [2.24, 2.45) is 0 Å². The highest BCUT2D eigenvalue weighted by Crippen LogP contribution is 2.34. The summed E-state index contributed by atoms with van der Waals surface area (Å²) in [6, 6.07) is 5.96. The molecule has 0 saturated carbocycles. The summed E-state index contributed by atoms with van der Waals surface area (Å²) in [5, 5.41) is 13.5. The van der Waals surface area contributed by atoms with Crippen LogP contribution in [0.25, 0.3) is 0 Å². The third-order valence-electron chi connectivity index (χ3n) is 3.45. The molecule has 1 aliphatic heterocycles. The SMILES string of the molecule is CCOC(=O)C1=C(C)NC(=O)C[C@H]1c1cccc([N+](=O)[O-])c1. The summed E-state index contributed by atoms with van der Waals surface area (Å²) in [5.41, 5.74) is 1.23. The topological polar surface area (TPSA) is 98.5 Å². The van der Waals surface area contributed by atoms with Crippen LogP contribution in [-0.2, 0) is 14.3 Å². The van der Waals surface area contributed by atoms with Gasteiger partial charge in [0.2, 0.25) is 5.91 Å². The van der Waals surface area contributed by atoms with E-state index >= 15 is 0 Å². The number of esters is 1. The number of hydrogen-bond donors (Lipinski definition) is 1. The minimum absolute atomic E-state index is 0.0483. The van der Waals surface area contributed by atoms with Gasteiger partial charge in [-0.15, -0.1) is 0 Å². The van der Waals surface area contributed by atoms with E-state index in [4.69, 9.17) is 4.74 Å². The van der Waals surface area contributed by atoms with Gasteiger partial charge in [0, 0.05) is 30.2 Å². The average molecular weight is 304 g/mol. The van der Waals surface area contributed by atoms with Crippen molar-refractivity contribution >= 4 is 17.6 Å². The van der Waals surface area contributed by atoms with Crippen LogP contribution >= 0.6 is 0 Å².